The van der Waals surface area contributed by atoms with Crippen molar-refractivity contribution in [1.29, 1.82) is 0 Å². The molecule has 0 saturated carbocycles. The molecule has 0 radical (unpaired) electrons. The molecule has 0 bridgehead atoms. The number of aromatic nitrogens is 1. The summed E-state index contributed by atoms with van der Waals surface area (Å²) in [5.41, 5.74) is 3.40. The molecular formula is C15H19NO3. The van der Waals surface area contributed by atoms with Crippen LogP contribution in [0.15, 0.2) is 12.1 Å². The van der Waals surface area contributed by atoms with Gasteiger partial charge in [0, 0.05) is 22.2 Å². The van der Waals surface area contributed by atoms with Gasteiger partial charge < -0.3 is 14.5 Å². The number of carbonyl (C=O) groups excluding carboxylic acids is 1. The van der Waals surface area contributed by atoms with E-state index in [4.69, 9.17) is 9.47 Å². The minimum atomic E-state index is -0.314. The van der Waals surface area contributed by atoms with Gasteiger partial charge in [0.25, 0.3) is 0 Å². The molecule has 1 aromatic carbocycles. The van der Waals surface area contributed by atoms with Crippen molar-refractivity contribution in [2.45, 2.75) is 26.7 Å². The van der Waals surface area contributed by atoms with Crippen LogP contribution < -0.4 is 4.74 Å². The second-order valence-corrected chi connectivity index (χ2v) is 4.88. The van der Waals surface area contributed by atoms with Gasteiger partial charge in [0.15, 0.2) is 0 Å². The zero-order chi connectivity index (χ0) is 14.2. The molecule has 1 N–H and O–H groups in total. The van der Waals surface area contributed by atoms with Gasteiger partial charge in [-0.3, -0.25) is 0 Å². The van der Waals surface area contributed by atoms with Gasteiger partial charge in [0.2, 0.25) is 0 Å². The molecule has 0 amide bonds. The minimum Gasteiger partial charge on any atom is -0.496 e. The standard InChI is InChI=1S/C15H19NO3/c1-8(2)14-13(15(17)19-5)12-9(3)11(18-4)7-6-10(12)16-14/h6-8,16H,1-5H3. The lowest BCUT2D eigenvalue weighted by atomic mass is 10.0. The molecule has 0 unspecified atom stereocenters. The van der Waals surface area contributed by atoms with Gasteiger partial charge in [-0.15, -0.1) is 0 Å². The zero-order valence-electron chi connectivity index (χ0n) is 12.0. The Balaban J connectivity index is 2.85. The molecule has 0 spiro atoms. The van der Waals surface area contributed by atoms with E-state index in [-0.39, 0.29) is 11.9 Å². The summed E-state index contributed by atoms with van der Waals surface area (Å²) in [6.45, 7) is 6.04. The van der Waals surface area contributed by atoms with Crippen molar-refractivity contribution in [3.05, 3.63) is 29.0 Å². The third kappa shape index (κ3) is 2.07. The number of rotatable bonds is 3. The van der Waals surface area contributed by atoms with Crippen LogP contribution in [0.5, 0.6) is 5.75 Å². The van der Waals surface area contributed by atoms with Gasteiger partial charge in [-0.2, -0.15) is 0 Å². The topological polar surface area (TPSA) is 51.3 Å². The van der Waals surface area contributed by atoms with Crippen molar-refractivity contribution in [3.8, 4) is 5.75 Å². The predicted molar refractivity (Wildman–Crippen MR) is 75.0 cm³/mol. The highest BCUT2D eigenvalue weighted by molar-refractivity contribution is 6.07. The Morgan fingerprint density at radius 2 is 1.95 bits per heavy atom. The van der Waals surface area contributed by atoms with Crippen molar-refractivity contribution in [2.75, 3.05) is 14.2 Å². The average molecular weight is 261 g/mol. The molecule has 0 saturated heterocycles. The number of esters is 1. The Kier molecular flexibility index (Phi) is 3.51. The highest BCUT2D eigenvalue weighted by atomic mass is 16.5. The summed E-state index contributed by atoms with van der Waals surface area (Å²) in [5, 5.41) is 0.884. The van der Waals surface area contributed by atoms with Crippen LogP contribution in [0.4, 0.5) is 0 Å². The number of ether oxygens (including phenoxy) is 2. The maximum absolute atomic E-state index is 12.1. The first kappa shape index (κ1) is 13.5. The molecular weight excluding hydrogens is 242 g/mol. The average Bonchev–Trinajstić information content (AvgIpc) is 2.78. The second kappa shape index (κ2) is 4.96. The van der Waals surface area contributed by atoms with Crippen molar-refractivity contribution in [3.63, 3.8) is 0 Å². The van der Waals surface area contributed by atoms with Gasteiger partial charge in [-0.05, 0) is 25.0 Å². The fourth-order valence-corrected chi connectivity index (χ4v) is 2.43. The van der Waals surface area contributed by atoms with E-state index in [9.17, 15) is 4.79 Å². The summed E-state index contributed by atoms with van der Waals surface area (Å²) in [5.74, 6) is 0.671. The summed E-state index contributed by atoms with van der Waals surface area (Å²) >= 11 is 0. The van der Waals surface area contributed by atoms with E-state index in [1.807, 2.05) is 32.9 Å². The number of H-pyrrole nitrogens is 1. The molecule has 0 aliphatic rings. The van der Waals surface area contributed by atoms with Crippen LogP contribution in [0.3, 0.4) is 0 Å². The van der Waals surface area contributed by atoms with Crippen molar-refractivity contribution in [1.82, 2.24) is 4.98 Å². The first-order valence-corrected chi connectivity index (χ1v) is 6.28. The predicted octanol–water partition coefficient (Wildman–Crippen LogP) is 3.39. The van der Waals surface area contributed by atoms with Crippen LogP contribution >= 0.6 is 0 Å². The zero-order valence-corrected chi connectivity index (χ0v) is 12.0. The van der Waals surface area contributed by atoms with Crippen molar-refractivity contribution >= 4 is 16.9 Å². The van der Waals surface area contributed by atoms with E-state index in [0.29, 0.717) is 5.56 Å². The summed E-state index contributed by atoms with van der Waals surface area (Å²) in [7, 11) is 3.03. The van der Waals surface area contributed by atoms with Crippen LogP contribution in [0.25, 0.3) is 10.9 Å². The number of nitrogens with one attached hydrogen (secondary N) is 1. The number of hydrogen-bond donors (Lipinski definition) is 1. The lowest BCUT2D eigenvalue weighted by molar-refractivity contribution is 0.0601. The molecule has 2 aromatic rings. The number of aryl methyl sites for hydroxylation is 1. The van der Waals surface area contributed by atoms with Crippen molar-refractivity contribution < 1.29 is 14.3 Å². The maximum atomic E-state index is 12.1. The lowest BCUT2D eigenvalue weighted by Gasteiger charge is -2.08. The van der Waals surface area contributed by atoms with Crippen LogP contribution in [-0.2, 0) is 4.74 Å². The lowest BCUT2D eigenvalue weighted by Crippen LogP contribution is -2.06. The second-order valence-electron chi connectivity index (χ2n) is 4.88. The fraction of sp³-hybridized carbons (Fsp3) is 0.400. The van der Waals surface area contributed by atoms with Gasteiger partial charge in [0.05, 0.1) is 19.8 Å². The molecule has 1 heterocycles. The Hall–Kier alpha value is -1.97. The number of hydrogen-bond acceptors (Lipinski definition) is 3. The van der Waals surface area contributed by atoms with Crippen LogP contribution in [0, 0.1) is 6.92 Å². The fourth-order valence-electron chi connectivity index (χ4n) is 2.43. The van der Waals surface area contributed by atoms with E-state index in [1.165, 1.54) is 7.11 Å². The molecule has 19 heavy (non-hydrogen) atoms. The van der Waals surface area contributed by atoms with E-state index in [2.05, 4.69) is 4.98 Å². The minimum absolute atomic E-state index is 0.215. The molecule has 2 rings (SSSR count). The molecule has 0 fully saturated rings. The Bertz CT molecular complexity index is 626. The monoisotopic (exact) mass is 261 g/mol. The quantitative estimate of drug-likeness (QED) is 0.861. The number of carbonyl (C=O) groups is 1. The normalized spacial score (nSPS) is 11.1. The summed E-state index contributed by atoms with van der Waals surface area (Å²) in [6, 6.07) is 3.83. The molecule has 0 aliphatic heterocycles. The van der Waals surface area contributed by atoms with Crippen LogP contribution in [0.2, 0.25) is 0 Å². The maximum Gasteiger partial charge on any atom is 0.340 e. The first-order valence-electron chi connectivity index (χ1n) is 6.28. The molecule has 4 heteroatoms. The van der Waals surface area contributed by atoms with Crippen LogP contribution in [0.1, 0.15) is 41.4 Å². The summed E-state index contributed by atoms with van der Waals surface area (Å²) in [6.07, 6.45) is 0. The van der Waals surface area contributed by atoms with E-state index in [1.54, 1.807) is 7.11 Å². The summed E-state index contributed by atoms with van der Waals surface area (Å²) < 4.78 is 10.2. The first-order chi connectivity index (χ1) is 9.01. The number of methoxy groups -OCH3 is 2. The molecule has 102 valence electrons. The summed E-state index contributed by atoms with van der Waals surface area (Å²) in [4.78, 5) is 15.4. The van der Waals surface area contributed by atoms with E-state index in [0.717, 1.165) is 27.9 Å². The third-order valence-electron chi connectivity index (χ3n) is 3.39. The van der Waals surface area contributed by atoms with E-state index >= 15 is 0 Å². The van der Waals surface area contributed by atoms with Gasteiger partial charge in [0.1, 0.15) is 5.75 Å². The Morgan fingerprint density at radius 1 is 1.26 bits per heavy atom. The highest BCUT2D eigenvalue weighted by Crippen LogP contribution is 2.34. The van der Waals surface area contributed by atoms with Crippen LogP contribution in [-0.4, -0.2) is 25.2 Å². The third-order valence-corrected chi connectivity index (χ3v) is 3.39. The SMILES string of the molecule is COC(=O)c1c(C(C)C)[nH]c2ccc(OC)c(C)c12. The smallest absolute Gasteiger partial charge is 0.340 e. The molecule has 4 nitrogen and oxygen atoms in total. The number of benzene rings is 1. The van der Waals surface area contributed by atoms with Gasteiger partial charge in [-0.25, -0.2) is 4.79 Å². The molecule has 0 aliphatic carbocycles. The Morgan fingerprint density at radius 3 is 2.47 bits per heavy atom. The number of aromatic amines is 1. The largest absolute Gasteiger partial charge is 0.496 e. The van der Waals surface area contributed by atoms with Crippen molar-refractivity contribution in [2.24, 2.45) is 0 Å². The highest BCUT2D eigenvalue weighted by Gasteiger charge is 2.23. The Labute approximate surface area is 112 Å². The number of fused-ring (bicyclic) bond motifs is 1. The molecule has 0 atom stereocenters. The van der Waals surface area contributed by atoms with Gasteiger partial charge >= 0.3 is 5.97 Å². The van der Waals surface area contributed by atoms with E-state index < -0.39 is 0 Å². The molecule has 1 aromatic heterocycles. The van der Waals surface area contributed by atoms with Gasteiger partial charge in [-0.1, -0.05) is 13.8 Å².